The minimum atomic E-state index is -0.489. The third kappa shape index (κ3) is 6.34. The van der Waals surface area contributed by atoms with Crippen LogP contribution in [0.25, 0.3) is 33.5 Å². The van der Waals surface area contributed by atoms with Crippen molar-refractivity contribution in [2.45, 2.75) is 33.3 Å². The fourth-order valence-corrected chi connectivity index (χ4v) is 4.76. The van der Waals surface area contributed by atoms with Crippen molar-refractivity contribution >= 4 is 34.1 Å². The van der Waals surface area contributed by atoms with Crippen molar-refractivity contribution in [2.75, 3.05) is 20.3 Å². The number of methoxy groups -OCH3 is 1. The number of esters is 1. The molecule has 5 aromatic rings. The number of ether oxygens (including phenoxy) is 4. The molecule has 0 aliphatic rings. The van der Waals surface area contributed by atoms with Gasteiger partial charge in [0.1, 0.15) is 11.3 Å². The van der Waals surface area contributed by atoms with E-state index in [1.165, 1.54) is 10.9 Å². The second-order valence-corrected chi connectivity index (χ2v) is 10.1. The van der Waals surface area contributed by atoms with Crippen LogP contribution in [0.4, 0.5) is 0 Å². The van der Waals surface area contributed by atoms with E-state index in [4.69, 9.17) is 28.3 Å². The fourth-order valence-electron chi connectivity index (χ4n) is 4.76. The van der Waals surface area contributed by atoms with E-state index in [0.29, 0.717) is 58.1 Å². The summed E-state index contributed by atoms with van der Waals surface area (Å²) in [4.78, 5) is 30.7. The minimum absolute atomic E-state index is 0.225. The van der Waals surface area contributed by atoms with Crippen LogP contribution in [0.15, 0.2) is 87.6 Å². The lowest BCUT2D eigenvalue weighted by Crippen LogP contribution is -2.20. The zero-order chi connectivity index (χ0) is 31.2. The molecule has 0 amide bonds. The van der Waals surface area contributed by atoms with Gasteiger partial charge in [-0.3, -0.25) is 4.79 Å². The summed E-state index contributed by atoms with van der Waals surface area (Å²) in [7, 11) is 1.58. The number of carbonyl (C=O) groups is 1. The molecule has 0 unspecified atom stereocenters. The maximum atomic E-state index is 13.7. The molecule has 3 aromatic carbocycles. The first-order chi connectivity index (χ1) is 21.3. The monoisotopic (exact) mass is 595 g/mol. The zero-order valence-corrected chi connectivity index (χ0v) is 25.0. The lowest BCUT2D eigenvalue weighted by atomic mass is 10.1. The minimum Gasteiger partial charge on any atom is -0.496 e. The van der Waals surface area contributed by atoms with Crippen LogP contribution in [0.5, 0.6) is 17.2 Å². The predicted octanol–water partition coefficient (Wildman–Crippen LogP) is 6.16. The van der Waals surface area contributed by atoms with E-state index in [1.807, 2.05) is 37.3 Å². The molecule has 0 N–H and O–H groups in total. The van der Waals surface area contributed by atoms with Gasteiger partial charge in [-0.1, -0.05) is 24.3 Å². The summed E-state index contributed by atoms with van der Waals surface area (Å²) >= 11 is 0. The molecule has 0 radical (unpaired) electrons. The molecule has 226 valence electrons. The van der Waals surface area contributed by atoms with Gasteiger partial charge in [-0.25, -0.2) is 9.78 Å². The van der Waals surface area contributed by atoms with Gasteiger partial charge in [0, 0.05) is 5.56 Å². The van der Waals surface area contributed by atoms with Gasteiger partial charge >= 0.3 is 5.97 Å². The highest BCUT2D eigenvalue weighted by Gasteiger charge is 2.19. The van der Waals surface area contributed by atoms with E-state index in [9.17, 15) is 9.59 Å². The van der Waals surface area contributed by atoms with Crippen molar-refractivity contribution in [3.63, 3.8) is 0 Å². The third-order valence-electron chi connectivity index (χ3n) is 6.56. The van der Waals surface area contributed by atoms with E-state index in [2.05, 4.69) is 11.7 Å². The van der Waals surface area contributed by atoms with Gasteiger partial charge in [-0.2, -0.15) is 9.78 Å². The van der Waals surface area contributed by atoms with Crippen molar-refractivity contribution in [1.29, 1.82) is 0 Å². The summed E-state index contributed by atoms with van der Waals surface area (Å²) in [5, 5.41) is 5.73. The first-order valence-electron chi connectivity index (χ1n) is 14.2. The number of hydrogen-bond acceptors (Lipinski definition) is 9. The molecular weight excluding hydrogens is 562 g/mol. The first kappa shape index (κ1) is 30.1. The number of hydrogen-bond donors (Lipinski definition) is 0. The molecule has 44 heavy (non-hydrogen) atoms. The Balaban J connectivity index is 1.61. The number of nitrogens with zero attached hydrogens (tertiary/aromatic N) is 3. The third-order valence-corrected chi connectivity index (χ3v) is 6.56. The Labute approximate surface area is 254 Å². The fraction of sp³-hybridized carbons (Fsp3) is 0.235. The molecule has 5 rings (SSSR count). The van der Waals surface area contributed by atoms with Crippen molar-refractivity contribution in [3.8, 4) is 28.8 Å². The molecule has 0 aliphatic carbocycles. The van der Waals surface area contributed by atoms with Gasteiger partial charge in [0.25, 0.3) is 5.56 Å². The largest absolute Gasteiger partial charge is 0.496 e. The second-order valence-electron chi connectivity index (χ2n) is 10.1. The van der Waals surface area contributed by atoms with Crippen molar-refractivity contribution in [3.05, 3.63) is 94.8 Å². The molecule has 0 saturated heterocycles. The molecule has 0 atom stereocenters. The topological polar surface area (TPSA) is 114 Å². The Morgan fingerprint density at radius 1 is 1.07 bits per heavy atom. The average Bonchev–Trinajstić information content (AvgIpc) is 3.45. The average molecular weight is 596 g/mol. The van der Waals surface area contributed by atoms with Crippen LogP contribution in [0.1, 0.15) is 31.9 Å². The molecular formula is C34H33N3O7. The molecule has 0 fully saturated rings. The Hall–Kier alpha value is -5.38. The summed E-state index contributed by atoms with van der Waals surface area (Å²) in [5.41, 5.74) is 2.07. The standard InChI is InChI=1S/C34H33N3O7/c1-6-11-23-16-22(17-29(41-7-2)32(23)42-20-31(38)43-21(3)4)19-35-37-33(36-26-13-9-8-12-24(26)34(37)39)30-18-25-27(40-5)14-10-15-28(25)44-30/h6,8-10,12-19,21H,1,7,11,20H2,2-5H3. The molecule has 10 heteroatoms. The molecule has 0 saturated carbocycles. The number of furan rings is 1. The summed E-state index contributed by atoms with van der Waals surface area (Å²) in [6.07, 6.45) is 3.43. The number of carbonyl (C=O) groups excluding carboxylic acids is 1. The number of benzene rings is 3. The van der Waals surface area contributed by atoms with Gasteiger partial charge in [-0.05, 0) is 75.2 Å². The summed E-state index contributed by atoms with van der Waals surface area (Å²) in [5.74, 6) is 1.54. The Morgan fingerprint density at radius 3 is 2.64 bits per heavy atom. The van der Waals surface area contributed by atoms with E-state index in [1.54, 1.807) is 57.4 Å². The first-order valence-corrected chi connectivity index (χ1v) is 14.2. The Morgan fingerprint density at radius 2 is 1.89 bits per heavy atom. The van der Waals surface area contributed by atoms with Crippen LogP contribution in [0.3, 0.4) is 0 Å². The van der Waals surface area contributed by atoms with Crippen LogP contribution in [-0.4, -0.2) is 48.3 Å². The summed E-state index contributed by atoms with van der Waals surface area (Å²) < 4.78 is 29.8. The lowest BCUT2D eigenvalue weighted by molar-refractivity contribution is -0.149. The van der Waals surface area contributed by atoms with Crippen LogP contribution in [0.2, 0.25) is 0 Å². The Bertz CT molecular complexity index is 1920. The predicted molar refractivity (Wildman–Crippen MR) is 169 cm³/mol. The van der Waals surface area contributed by atoms with Gasteiger partial charge in [0.15, 0.2) is 23.9 Å². The second kappa shape index (κ2) is 13.3. The van der Waals surface area contributed by atoms with E-state index in [-0.39, 0.29) is 24.1 Å². The summed E-state index contributed by atoms with van der Waals surface area (Å²) in [6.45, 7) is 9.32. The van der Waals surface area contributed by atoms with Gasteiger partial charge in [0.2, 0.25) is 5.82 Å². The number of aromatic nitrogens is 2. The molecule has 2 aromatic heterocycles. The van der Waals surface area contributed by atoms with Gasteiger partial charge < -0.3 is 23.4 Å². The number of rotatable bonds is 12. The lowest BCUT2D eigenvalue weighted by Gasteiger charge is -2.17. The SMILES string of the molecule is C=CCc1cc(C=Nn2c(-c3cc4c(OC)cccc4o3)nc3ccccc3c2=O)cc(OCC)c1OCC(=O)OC(C)C. The highest BCUT2D eigenvalue weighted by Crippen LogP contribution is 2.35. The van der Waals surface area contributed by atoms with Crippen LogP contribution < -0.4 is 19.8 Å². The van der Waals surface area contributed by atoms with Crippen molar-refractivity contribution < 1.29 is 28.2 Å². The number of allylic oxidation sites excluding steroid dienone is 1. The summed E-state index contributed by atoms with van der Waals surface area (Å²) in [6, 6.07) is 17.9. The van der Waals surface area contributed by atoms with Crippen molar-refractivity contribution in [2.24, 2.45) is 5.10 Å². The molecule has 0 aliphatic heterocycles. The molecule has 0 bridgehead atoms. The van der Waals surface area contributed by atoms with E-state index in [0.717, 1.165) is 10.9 Å². The Kier molecular flexibility index (Phi) is 9.09. The molecule has 0 spiro atoms. The van der Waals surface area contributed by atoms with Crippen LogP contribution in [0, 0.1) is 0 Å². The number of fused-ring (bicyclic) bond motifs is 2. The van der Waals surface area contributed by atoms with Crippen LogP contribution in [-0.2, 0) is 16.0 Å². The van der Waals surface area contributed by atoms with Crippen LogP contribution >= 0.6 is 0 Å². The van der Waals surface area contributed by atoms with Crippen molar-refractivity contribution in [1.82, 2.24) is 9.66 Å². The highest BCUT2D eigenvalue weighted by molar-refractivity contribution is 5.89. The number of para-hydroxylation sites is 1. The quantitative estimate of drug-likeness (QED) is 0.0958. The maximum absolute atomic E-state index is 13.7. The smallest absolute Gasteiger partial charge is 0.344 e. The van der Waals surface area contributed by atoms with Gasteiger partial charge in [-0.15, -0.1) is 6.58 Å². The van der Waals surface area contributed by atoms with E-state index < -0.39 is 5.97 Å². The maximum Gasteiger partial charge on any atom is 0.344 e. The van der Waals surface area contributed by atoms with E-state index >= 15 is 0 Å². The molecule has 10 nitrogen and oxygen atoms in total. The zero-order valence-electron chi connectivity index (χ0n) is 25.0. The van der Waals surface area contributed by atoms with Gasteiger partial charge in [0.05, 0.1) is 42.3 Å². The highest BCUT2D eigenvalue weighted by atomic mass is 16.6. The molecule has 2 heterocycles. The normalized spacial score (nSPS) is 11.4.